The highest BCUT2D eigenvalue weighted by molar-refractivity contribution is 5.39. The van der Waals surface area contributed by atoms with Crippen molar-refractivity contribution >= 4 is 0 Å². The standard InChI is InChI=1S/C12H14O/c1-2-4-10-6-7-11-5-3-8-13-12(11)9-10/h2,6-7,9H,1,3-5,8H2. The Morgan fingerprint density at radius 1 is 1.46 bits per heavy atom. The maximum Gasteiger partial charge on any atom is 0.122 e. The highest BCUT2D eigenvalue weighted by Crippen LogP contribution is 2.25. The lowest BCUT2D eigenvalue weighted by molar-refractivity contribution is 0.288. The van der Waals surface area contributed by atoms with Gasteiger partial charge >= 0.3 is 0 Å². The molecule has 1 heterocycles. The Morgan fingerprint density at radius 2 is 2.38 bits per heavy atom. The predicted molar refractivity (Wildman–Crippen MR) is 54.2 cm³/mol. The van der Waals surface area contributed by atoms with Gasteiger partial charge in [-0.3, -0.25) is 0 Å². The number of hydrogen-bond acceptors (Lipinski definition) is 1. The zero-order chi connectivity index (χ0) is 9.10. The summed E-state index contributed by atoms with van der Waals surface area (Å²) in [5, 5.41) is 0. The third-order valence-electron chi connectivity index (χ3n) is 2.36. The van der Waals surface area contributed by atoms with Gasteiger partial charge in [0, 0.05) is 0 Å². The third kappa shape index (κ3) is 1.74. The van der Waals surface area contributed by atoms with E-state index in [-0.39, 0.29) is 0 Å². The van der Waals surface area contributed by atoms with Crippen molar-refractivity contribution in [1.82, 2.24) is 0 Å². The minimum Gasteiger partial charge on any atom is -0.493 e. The van der Waals surface area contributed by atoms with Gasteiger partial charge in [0.15, 0.2) is 0 Å². The fourth-order valence-corrected chi connectivity index (χ4v) is 1.68. The second kappa shape index (κ2) is 3.65. The van der Waals surface area contributed by atoms with Crippen molar-refractivity contribution in [3.05, 3.63) is 42.0 Å². The normalized spacial score (nSPS) is 14.5. The van der Waals surface area contributed by atoms with E-state index in [0.29, 0.717) is 0 Å². The largest absolute Gasteiger partial charge is 0.493 e. The van der Waals surface area contributed by atoms with Crippen molar-refractivity contribution in [2.45, 2.75) is 19.3 Å². The van der Waals surface area contributed by atoms with Gasteiger partial charge in [0.05, 0.1) is 6.61 Å². The van der Waals surface area contributed by atoms with Crippen LogP contribution >= 0.6 is 0 Å². The Balaban J connectivity index is 2.29. The molecule has 1 aromatic rings. The van der Waals surface area contributed by atoms with Gasteiger partial charge in [-0.1, -0.05) is 18.2 Å². The van der Waals surface area contributed by atoms with Gasteiger partial charge in [-0.05, 0) is 36.5 Å². The van der Waals surface area contributed by atoms with E-state index in [1.54, 1.807) is 0 Å². The molecule has 0 radical (unpaired) electrons. The summed E-state index contributed by atoms with van der Waals surface area (Å²) in [6.45, 7) is 4.59. The van der Waals surface area contributed by atoms with E-state index in [1.165, 1.54) is 11.1 Å². The fraction of sp³-hybridized carbons (Fsp3) is 0.333. The molecule has 0 bridgehead atoms. The summed E-state index contributed by atoms with van der Waals surface area (Å²) in [5.41, 5.74) is 2.63. The molecule has 0 saturated heterocycles. The quantitative estimate of drug-likeness (QED) is 0.626. The molecule has 1 aliphatic rings. The summed E-state index contributed by atoms with van der Waals surface area (Å²) in [6.07, 6.45) is 5.15. The molecule has 1 nitrogen and oxygen atoms in total. The number of fused-ring (bicyclic) bond motifs is 1. The van der Waals surface area contributed by atoms with Gasteiger partial charge in [-0.2, -0.15) is 0 Å². The number of hydrogen-bond donors (Lipinski definition) is 0. The molecule has 0 amide bonds. The van der Waals surface area contributed by atoms with Crippen LogP contribution in [0.25, 0.3) is 0 Å². The molecular formula is C12H14O. The number of allylic oxidation sites excluding steroid dienone is 1. The summed E-state index contributed by atoms with van der Waals surface area (Å²) < 4.78 is 5.58. The summed E-state index contributed by atoms with van der Waals surface area (Å²) in [6, 6.07) is 6.47. The lowest BCUT2D eigenvalue weighted by Crippen LogP contribution is -2.08. The molecule has 0 N–H and O–H groups in total. The second-order valence-electron chi connectivity index (χ2n) is 3.39. The number of aryl methyl sites for hydroxylation is 1. The summed E-state index contributed by atoms with van der Waals surface area (Å²) in [4.78, 5) is 0. The van der Waals surface area contributed by atoms with Gasteiger partial charge < -0.3 is 4.74 Å². The predicted octanol–water partition coefficient (Wildman–Crippen LogP) is 2.74. The average molecular weight is 174 g/mol. The Hall–Kier alpha value is -1.24. The van der Waals surface area contributed by atoms with Gasteiger partial charge in [0.2, 0.25) is 0 Å². The fourth-order valence-electron chi connectivity index (χ4n) is 1.68. The monoisotopic (exact) mass is 174 g/mol. The molecule has 0 fully saturated rings. The topological polar surface area (TPSA) is 9.23 Å². The lowest BCUT2D eigenvalue weighted by Gasteiger charge is -2.17. The van der Waals surface area contributed by atoms with Crippen molar-refractivity contribution in [3.63, 3.8) is 0 Å². The van der Waals surface area contributed by atoms with Crippen molar-refractivity contribution in [1.29, 1.82) is 0 Å². The van der Waals surface area contributed by atoms with E-state index < -0.39 is 0 Å². The Labute approximate surface area is 79.0 Å². The van der Waals surface area contributed by atoms with Crippen molar-refractivity contribution < 1.29 is 4.74 Å². The molecule has 0 saturated carbocycles. The SMILES string of the molecule is C=CCc1ccc2c(c1)OCCC2. The minimum absolute atomic E-state index is 0.866. The van der Waals surface area contributed by atoms with E-state index >= 15 is 0 Å². The molecule has 0 spiro atoms. The van der Waals surface area contributed by atoms with Crippen LogP contribution in [0.5, 0.6) is 5.75 Å². The molecule has 0 aromatic heterocycles. The molecule has 2 rings (SSSR count). The maximum atomic E-state index is 5.58. The van der Waals surface area contributed by atoms with E-state index in [9.17, 15) is 0 Å². The number of rotatable bonds is 2. The molecule has 0 unspecified atom stereocenters. The molecule has 13 heavy (non-hydrogen) atoms. The second-order valence-corrected chi connectivity index (χ2v) is 3.39. The Kier molecular flexibility index (Phi) is 2.35. The van der Waals surface area contributed by atoms with Crippen LogP contribution in [0.4, 0.5) is 0 Å². The first-order valence-electron chi connectivity index (χ1n) is 4.75. The Morgan fingerprint density at radius 3 is 3.23 bits per heavy atom. The third-order valence-corrected chi connectivity index (χ3v) is 2.36. The van der Waals surface area contributed by atoms with Crippen LogP contribution in [0.1, 0.15) is 17.5 Å². The highest BCUT2D eigenvalue weighted by Gasteiger charge is 2.09. The smallest absolute Gasteiger partial charge is 0.122 e. The van der Waals surface area contributed by atoms with E-state index in [4.69, 9.17) is 4.74 Å². The zero-order valence-electron chi connectivity index (χ0n) is 7.75. The van der Waals surface area contributed by atoms with Crippen LogP contribution in [0.3, 0.4) is 0 Å². The van der Waals surface area contributed by atoms with Crippen LogP contribution in [-0.4, -0.2) is 6.61 Å². The van der Waals surface area contributed by atoms with E-state index in [2.05, 4.69) is 24.8 Å². The molecule has 0 atom stereocenters. The highest BCUT2D eigenvalue weighted by atomic mass is 16.5. The summed E-state index contributed by atoms with van der Waals surface area (Å²) in [7, 11) is 0. The van der Waals surface area contributed by atoms with E-state index in [1.807, 2.05) is 6.08 Å². The lowest BCUT2D eigenvalue weighted by atomic mass is 10.0. The van der Waals surface area contributed by atoms with Crippen molar-refractivity contribution in [2.75, 3.05) is 6.61 Å². The number of ether oxygens (including phenoxy) is 1. The molecule has 1 aliphatic heterocycles. The molecule has 0 aliphatic carbocycles. The van der Waals surface area contributed by atoms with Crippen molar-refractivity contribution in [3.8, 4) is 5.75 Å². The minimum atomic E-state index is 0.866. The summed E-state index contributed by atoms with van der Waals surface area (Å²) >= 11 is 0. The van der Waals surface area contributed by atoms with Crippen LogP contribution in [0, 0.1) is 0 Å². The Bertz CT molecular complexity index is 315. The zero-order valence-corrected chi connectivity index (χ0v) is 7.75. The average Bonchev–Trinajstić information content (AvgIpc) is 2.18. The van der Waals surface area contributed by atoms with Gasteiger partial charge in [0.25, 0.3) is 0 Å². The van der Waals surface area contributed by atoms with E-state index in [0.717, 1.165) is 31.6 Å². The first-order valence-corrected chi connectivity index (χ1v) is 4.75. The first kappa shape index (κ1) is 8.36. The molecule has 1 aromatic carbocycles. The molecule has 68 valence electrons. The van der Waals surface area contributed by atoms with Gasteiger partial charge in [-0.25, -0.2) is 0 Å². The number of benzene rings is 1. The van der Waals surface area contributed by atoms with Crippen molar-refractivity contribution in [2.24, 2.45) is 0 Å². The molecular weight excluding hydrogens is 160 g/mol. The maximum absolute atomic E-state index is 5.58. The summed E-state index contributed by atoms with van der Waals surface area (Å²) in [5.74, 6) is 1.07. The van der Waals surface area contributed by atoms with Crippen LogP contribution in [0.2, 0.25) is 0 Å². The van der Waals surface area contributed by atoms with Crippen LogP contribution in [-0.2, 0) is 12.8 Å². The first-order chi connectivity index (χ1) is 6.40. The van der Waals surface area contributed by atoms with Crippen LogP contribution < -0.4 is 4.74 Å². The van der Waals surface area contributed by atoms with Gasteiger partial charge in [0.1, 0.15) is 5.75 Å². The van der Waals surface area contributed by atoms with Crippen LogP contribution in [0.15, 0.2) is 30.9 Å². The van der Waals surface area contributed by atoms with Gasteiger partial charge in [-0.15, -0.1) is 6.58 Å². The molecule has 1 heteroatoms.